The lowest BCUT2D eigenvalue weighted by Gasteiger charge is -2.52. The lowest BCUT2D eigenvalue weighted by atomic mass is 9.62. The summed E-state index contributed by atoms with van der Waals surface area (Å²) < 4.78 is 6.00. The van der Waals surface area contributed by atoms with Gasteiger partial charge >= 0.3 is 0 Å². The van der Waals surface area contributed by atoms with E-state index in [4.69, 9.17) is 4.74 Å². The fourth-order valence-corrected chi connectivity index (χ4v) is 7.47. The van der Waals surface area contributed by atoms with Crippen LogP contribution in [0, 0.1) is 0 Å². The van der Waals surface area contributed by atoms with E-state index in [-0.39, 0.29) is 41.1 Å². The molecule has 4 aromatic rings. The maximum absolute atomic E-state index is 11.9. The third kappa shape index (κ3) is 8.02. The lowest BCUT2D eigenvalue weighted by molar-refractivity contribution is 0.0477. The van der Waals surface area contributed by atoms with Crippen LogP contribution in [0.25, 0.3) is 0 Å². The minimum absolute atomic E-state index is 0.0137. The topological polar surface area (TPSA) is 56.2 Å². The van der Waals surface area contributed by atoms with Gasteiger partial charge in [0.2, 0.25) is 0 Å². The van der Waals surface area contributed by atoms with Crippen LogP contribution >= 0.6 is 0 Å². The van der Waals surface area contributed by atoms with E-state index in [9.17, 15) is 10.2 Å². The quantitative estimate of drug-likeness (QED) is 0.135. The van der Waals surface area contributed by atoms with Gasteiger partial charge in [0.15, 0.2) is 0 Å². The standard InChI is InChI=1S/C42H56N2O3/c1-30(2)44(31(3)4)40(29-36(32-18-12-10-13-19-32)35-22-16-17-23-39(35)47-9)42(33-20-14-11-15-21-33,26-27-43(8)41(5,6)7)37-28-34(45)24-25-38(37)46/h10-25,28,30-31,36,40,45-46H,26-27,29H2,1-9H3. The number of rotatable bonds is 14. The van der Waals surface area contributed by atoms with Crippen molar-refractivity contribution >= 4 is 0 Å². The van der Waals surface area contributed by atoms with E-state index in [1.165, 1.54) is 5.56 Å². The van der Waals surface area contributed by atoms with Crippen molar-refractivity contribution in [2.45, 2.75) is 96.3 Å². The SMILES string of the molecule is COc1ccccc1C(CC(N(C(C)C)C(C)C)C(CCN(C)C(C)(C)C)(c1ccccc1)c1cc(O)ccc1O)c1ccccc1. The second-order valence-electron chi connectivity index (χ2n) is 14.5. The van der Waals surface area contributed by atoms with Gasteiger partial charge in [-0.25, -0.2) is 0 Å². The van der Waals surface area contributed by atoms with Gasteiger partial charge in [-0.05, 0) is 110 Å². The Morgan fingerprint density at radius 2 is 1.32 bits per heavy atom. The number of hydrogen-bond acceptors (Lipinski definition) is 5. The maximum Gasteiger partial charge on any atom is 0.122 e. The number of nitrogens with zero attached hydrogens (tertiary/aromatic N) is 2. The van der Waals surface area contributed by atoms with Gasteiger partial charge in [-0.2, -0.15) is 0 Å². The molecule has 5 heteroatoms. The number of benzene rings is 4. The van der Waals surface area contributed by atoms with Crippen LogP contribution in [0.3, 0.4) is 0 Å². The fraction of sp³-hybridized carbons (Fsp3) is 0.429. The highest BCUT2D eigenvalue weighted by Crippen LogP contribution is 2.51. The molecule has 47 heavy (non-hydrogen) atoms. The molecular weight excluding hydrogens is 580 g/mol. The lowest BCUT2D eigenvalue weighted by Crippen LogP contribution is -2.58. The molecule has 2 N–H and O–H groups in total. The molecule has 0 aliphatic heterocycles. The Kier molecular flexibility index (Phi) is 11.8. The monoisotopic (exact) mass is 636 g/mol. The zero-order valence-corrected chi connectivity index (χ0v) is 29.9. The van der Waals surface area contributed by atoms with Crippen LogP contribution in [0.2, 0.25) is 0 Å². The van der Waals surface area contributed by atoms with E-state index >= 15 is 0 Å². The van der Waals surface area contributed by atoms with Crippen LogP contribution < -0.4 is 4.74 Å². The molecule has 0 fully saturated rings. The Morgan fingerprint density at radius 1 is 0.745 bits per heavy atom. The summed E-state index contributed by atoms with van der Waals surface area (Å²) in [5.74, 6) is 1.18. The van der Waals surface area contributed by atoms with Crippen LogP contribution in [0.1, 0.15) is 89.5 Å². The van der Waals surface area contributed by atoms with Gasteiger partial charge in [-0.1, -0.05) is 78.9 Å². The van der Waals surface area contributed by atoms with Crippen LogP contribution in [0.4, 0.5) is 0 Å². The average Bonchev–Trinajstić information content (AvgIpc) is 3.05. The number of para-hydroxylation sites is 1. The summed E-state index contributed by atoms with van der Waals surface area (Å²) in [6.45, 7) is 16.6. The molecule has 0 saturated carbocycles. The first-order chi connectivity index (χ1) is 22.3. The summed E-state index contributed by atoms with van der Waals surface area (Å²) in [6.07, 6.45) is 1.46. The molecule has 0 heterocycles. The number of phenolic OH excluding ortho intramolecular Hbond substituents is 2. The first-order valence-corrected chi connectivity index (χ1v) is 17.1. The van der Waals surface area contributed by atoms with Gasteiger partial charge in [0.25, 0.3) is 0 Å². The Morgan fingerprint density at radius 3 is 1.89 bits per heavy atom. The number of hydrogen-bond donors (Lipinski definition) is 2. The first-order valence-electron chi connectivity index (χ1n) is 17.1. The molecule has 0 spiro atoms. The molecule has 0 bridgehead atoms. The molecule has 0 aromatic heterocycles. The molecule has 3 unspecified atom stereocenters. The van der Waals surface area contributed by atoms with E-state index in [1.807, 2.05) is 12.1 Å². The molecule has 4 rings (SSSR count). The largest absolute Gasteiger partial charge is 0.508 e. The molecule has 0 amide bonds. The smallest absolute Gasteiger partial charge is 0.122 e. The van der Waals surface area contributed by atoms with Crippen molar-refractivity contribution in [1.29, 1.82) is 0 Å². The molecule has 0 aliphatic rings. The molecule has 0 aliphatic carbocycles. The Hall–Kier alpha value is -3.80. The summed E-state index contributed by atoms with van der Waals surface area (Å²) in [6, 6.07) is 35.0. The van der Waals surface area contributed by atoms with Crippen molar-refractivity contribution in [3.63, 3.8) is 0 Å². The van der Waals surface area contributed by atoms with E-state index in [1.54, 1.807) is 25.3 Å². The van der Waals surface area contributed by atoms with E-state index < -0.39 is 5.41 Å². The third-order valence-corrected chi connectivity index (χ3v) is 10.0. The van der Waals surface area contributed by atoms with Crippen molar-refractivity contribution in [3.8, 4) is 17.2 Å². The van der Waals surface area contributed by atoms with Gasteiger partial charge in [-0.3, -0.25) is 4.90 Å². The summed E-state index contributed by atoms with van der Waals surface area (Å²) in [5.41, 5.74) is 3.43. The van der Waals surface area contributed by atoms with Crippen molar-refractivity contribution < 1.29 is 14.9 Å². The van der Waals surface area contributed by atoms with Gasteiger partial charge in [0, 0.05) is 46.1 Å². The zero-order valence-electron chi connectivity index (χ0n) is 29.9. The van der Waals surface area contributed by atoms with Crippen molar-refractivity contribution in [2.24, 2.45) is 0 Å². The van der Waals surface area contributed by atoms with Crippen LogP contribution in [0.5, 0.6) is 17.2 Å². The molecule has 0 radical (unpaired) electrons. The number of aromatic hydroxyl groups is 2. The van der Waals surface area contributed by atoms with Crippen molar-refractivity contribution in [2.75, 3.05) is 20.7 Å². The Bertz CT molecular complexity index is 1540. The van der Waals surface area contributed by atoms with Gasteiger partial charge in [0.05, 0.1) is 7.11 Å². The minimum Gasteiger partial charge on any atom is -0.508 e. The normalized spacial score (nSPS) is 14.8. The second kappa shape index (κ2) is 15.4. The molecule has 252 valence electrons. The number of ether oxygens (including phenoxy) is 1. The second-order valence-corrected chi connectivity index (χ2v) is 14.5. The molecule has 0 saturated heterocycles. The van der Waals surface area contributed by atoms with Gasteiger partial charge < -0.3 is 19.8 Å². The predicted molar refractivity (Wildman–Crippen MR) is 196 cm³/mol. The highest BCUT2D eigenvalue weighted by Gasteiger charge is 2.49. The number of methoxy groups -OCH3 is 1. The fourth-order valence-electron chi connectivity index (χ4n) is 7.47. The van der Waals surface area contributed by atoms with Gasteiger partial charge in [0.1, 0.15) is 17.2 Å². The first kappa shape index (κ1) is 36.0. The zero-order chi connectivity index (χ0) is 34.4. The van der Waals surface area contributed by atoms with Crippen molar-refractivity contribution in [1.82, 2.24) is 9.80 Å². The van der Waals surface area contributed by atoms with Crippen LogP contribution in [0.15, 0.2) is 103 Å². The van der Waals surface area contributed by atoms with Gasteiger partial charge in [-0.15, -0.1) is 0 Å². The molecule has 4 aromatic carbocycles. The summed E-state index contributed by atoms with van der Waals surface area (Å²) in [5, 5.41) is 22.9. The average molecular weight is 637 g/mol. The molecule has 5 nitrogen and oxygen atoms in total. The summed E-state index contributed by atoms with van der Waals surface area (Å²) in [4.78, 5) is 5.02. The van der Waals surface area contributed by atoms with E-state index in [0.717, 1.165) is 41.8 Å². The Labute approximate surface area is 283 Å². The molecular formula is C42H56N2O3. The highest BCUT2D eigenvalue weighted by molar-refractivity contribution is 5.52. The summed E-state index contributed by atoms with van der Waals surface area (Å²) >= 11 is 0. The highest BCUT2D eigenvalue weighted by atomic mass is 16.5. The Balaban J connectivity index is 2.12. The van der Waals surface area contributed by atoms with Crippen LogP contribution in [-0.2, 0) is 5.41 Å². The molecule has 3 atom stereocenters. The van der Waals surface area contributed by atoms with E-state index in [0.29, 0.717) is 0 Å². The van der Waals surface area contributed by atoms with Crippen molar-refractivity contribution in [3.05, 3.63) is 125 Å². The third-order valence-electron chi connectivity index (χ3n) is 10.0. The summed E-state index contributed by atoms with van der Waals surface area (Å²) in [7, 11) is 3.92. The maximum atomic E-state index is 11.9. The minimum atomic E-state index is -0.715. The van der Waals surface area contributed by atoms with E-state index in [2.05, 4.69) is 138 Å². The number of phenols is 2. The predicted octanol–water partition coefficient (Wildman–Crippen LogP) is 9.22. The van der Waals surface area contributed by atoms with Crippen LogP contribution in [-0.4, -0.2) is 64.4 Å².